The smallest absolute Gasteiger partial charge is 0.308 e. The first-order valence-electron chi connectivity index (χ1n) is 8.62. The molecule has 152 valence electrons. The SMILES string of the molecule is COc1ccc(C(=O)C=Cc2cc(OC)c3c(c2OC)OCO3)cc1OC(C)=O. The largest absolute Gasteiger partial charge is 0.493 e. The number of carbonyl (C=O) groups is 2. The summed E-state index contributed by atoms with van der Waals surface area (Å²) in [4.78, 5) is 23.9. The number of rotatable bonds is 7. The molecule has 2 aromatic carbocycles. The number of esters is 1. The molecule has 0 atom stereocenters. The third-order valence-corrected chi connectivity index (χ3v) is 4.13. The van der Waals surface area contributed by atoms with Crippen molar-refractivity contribution in [2.45, 2.75) is 6.92 Å². The standard InChI is InChI=1S/C21H20O8/c1-12(22)29-17-9-13(6-8-16(17)24-2)15(23)7-5-14-10-18(25-3)20-21(19(14)26-4)28-11-27-20/h5-10H,11H2,1-4H3. The van der Waals surface area contributed by atoms with E-state index in [-0.39, 0.29) is 18.3 Å². The van der Waals surface area contributed by atoms with Crippen LogP contribution in [0.5, 0.6) is 34.5 Å². The van der Waals surface area contributed by atoms with Crippen LogP contribution >= 0.6 is 0 Å². The van der Waals surface area contributed by atoms with Gasteiger partial charge in [-0.3, -0.25) is 9.59 Å². The molecule has 0 amide bonds. The highest BCUT2D eigenvalue weighted by molar-refractivity contribution is 6.07. The van der Waals surface area contributed by atoms with Crippen LogP contribution in [0.15, 0.2) is 30.3 Å². The van der Waals surface area contributed by atoms with Crippen LogP contribution in [-0.2, 0) is 4.79 Å². The second-order valence-corrected chi connectivity index (χ2v) is 5.92. The minimum absolute atomic E-state index is 0.0545. The van der Waals surface area contributed by atoms with E-state index in [4.69, 9.17) is 28.4 Å². The van der Waals surface area contributed by atoms with Crippen LogP contribution in [0.3, 0.4) is 0 Å². The van der Waals surface area contributed by atoms with Gasteiger partial charge in [0.05, 0.1) is 21.3 Å². The molecule has 0 spiro atoms. The van der Waals surface area contributed by atoms with Crippen molar-refractivity contribution in [3.8, 4) is 34.5 Å². The summed E-state index contributed by atoms with van der Waals surface area (Å²) in [7, 11) is 4.46. The van der Waals surface area contributed by atoms with Crippen molar-refractivity contribution in [3.05, 3.63) is 41.5 Å². The van der Waals surface area contributed by atoms with Crippen LogP contribution < -0.4 is 28.4 Å². The summed E-state index contributed by atoms with van der Waals surface area (Å²) >= 11 is 0. The minimum Gasteiger partial charge on any atom is -0.493 e. The first kappa shape index (κ1) is 20.1. The van der Waals surface area contributed by atoms with Gasteiger partial charge in [0, 0.05) is 18.1 Å². The molecule has 0 aliphatic carbocycles. The number of benzene rings is 2. The predicted molar refractivity (Wildman–Crippen MR) is 103 cm³/mol. The van der Waals surface area contributed by atoms with Crippen molar-refractivity contribution in [1.29, 1.82) is 0 Å². The van der Waals surface area contributed by atoms with E-state index in [1.807, 2.05) is 0 Å². The number of hydrogen-bond acceptors (Lipinski definition) is 8. The van der Waals surface area contributed by atoms with Gasteiger partial charge < -0.3 is 28.4 Å². The molecule has 8 heteroatoms. The molecular formula is C21H20O8. The molecule has 1 heterocycles. The number of ketones is 1. The van der Waals surface area contributed by atoms with Gasteiger partial charge in [0.1, 0.15) is 0 Å². The number of allylic oxidation sites excluding steroid dienone is 1. The van der Waals surface area contributed by atoms with Crippen molar-refractivity contribution in [1.82, 2.24) is 0 Å². The lowest BCUT2D eigenvalue weighted by Gasteiger charge is -2.11. The summed E-state index contributed by atoms with van der Waals surface area (Å²) in [6, 6.07) is 6.28. The first-order valence-corrected chi connectivity index (χ1v) is 8.62. The quantitative estimate of drug-likeness (QED) is 0.303. The first-order chi connectivity index (χ1) is 14.0. The maximum atomic E-state index is 12.6. The third-order valence-electron chi connectivity index (χ3n) is 4.13. The Morgan fingerprint density at radius 1 is 0.931 bits per heavy atom. The highest BCUT2D eigenvalue weighted by Crippen LogP contribution is 2.49. The van der Waals surface area contributed by atoms with Gasteiger partial charge in [0.15, 0.2) is 28.8 Å². The molecule has 0 unspecified atom stereocenters. The molecule has 0 fully saturated rings. The number of hydrogen-bond donors (Lipinski definition) is 0. The van der Waals surface area contributed by atoms with Crippen LogP contribution in [0.25, 0.3) is 6.08 Å². The monoisotopic (exact) mass is 400 g/mol. The van der Waals surface area contributed by atoms with Gasteiger partial charge in [0.25, 0.3) is 0 Å². The zero-order valence-corrected chi connectivity index (χ0v) is 16.4. The maximum absolute atomic E-state index is 12.6. The molecule has 1 aliphatic heterocycles. The summed E-state index contributed by atoms with van der Waals surface area (Å²) in [5, 5.41) is 0. The Morgan fingerprint density at radius 3 is 2.31 bits per heavy atom. The molecule has 8 nitrogen and oxygen atoms in total. The molecular weight excluding hydrogens is 380 g/mol. The molecule has 0 bridgehead atoms. The summed E-state index contributed by atoms with van der Waals surface area (Å²) in [6.45, 7) is 1.33. The molecule has 0 aromatic heterocycles. The predicted octanol–water partition coefficient (Wildman–Crippen LogP) is 3.26. The molecule has 3 rings (SSSR count). The van der Waals surface area contributed by atoms with Crippen molar-refractivity contribution in [3.63, 3.8) is 0 Å². The number of methoxy groups -OCH3 is 3. The Hall–Kier alpha value is -3.68. The molecule has 1 aliphatic rings. The van der Waals surface area contributed by atoms with Gasteiger partial charge in [-0.1, -0.05) is 0 Å². The van der Waals surface area contributed by atoms with Gasteiger partial charge >= 0.3 is 5.97 Å². The van der Waals surface area contributed by atoms with E-state index in [9.17, 15) is 9.59 Å². The summed E-state index contributed by atoms with van der Waals surface area (Å²) < 4.78 is 31.9. The average Bonchev–Trinajstić information content (AvgIpc) is 3.20. The number of carbonyl (C=O) groups excluding carboxylic acids is 2. The number of fused-ring (bicyclic) bond motifs is 1. The van der Waals surface area contributed by atoms with Crippen molar-refractivity contribution in [2.24, 2.45) is 0 Å². The fourth-order valence-electron chi connectivity index (χ4n) is 2.85. The van der Waals surface area contributed by atoms with Crippen LogP contribution in [0, 0.1) is 0 Å². The van der Waals surface area contributed by atoms with Gasteiger partial charge in [0.2, 0.25) is 18.3 Å². The normalized spacial score (nSPS) is 12.0. The fraction of sp³-hybridized carbons (Fsp3) is 0.238. The van der Waals surface area contributed by atoms with E-state index < -0.39 is 5.97 Å². The molecule has 0 radical (unpaired) electrons. The van der Waals surface area contributed by atoms with Crippen LogP contribution in [0.2, 0.25) is 0 Å². The molecule has 0 saturated carbocycles. The van der Waals surface area contributed by atoms with Crippen molar-refractivity contribution >= 4 is 17.8 Å². The summed E-state index contributed by atoms with van der Waals surface area (Å²) in [6.07, 6.45) is 2.96. The Labute approximate surface area is 167 Å². The van der Waals surface area contributed by atoms with Crippen LogP contribution in [0.4, 0.5) is 0 Å². The fourth-order valence-corrected chi connectivity index (χ4v) is 2.85. The zero-order chi connectivity index (χ0) is 21.0. The lowest BCUT2D eigenvalue weighted by atomic mass is 10.1. The van der Waals surface area contributed by atoms with E-state index in [1.54, 1.807) is 24.3 Å². The van der Waals surface area contributed by atoms with E-state index in [0.717, 1.165) is 0 Å². The lowest BCUT2D eigenvalue weighted by Crippen LogP contribution is -2.04. The Morgan fingerprint density at radius 2 is 1.66 bits per heavy atom. The Bertz CT molecular complexity index is 977. The van der Waals surface area contributed by atoms with E-state index >= 15 is 0 Å². The van der Waals surface area contributed by atoms with Gasteiger partial charge in [-0.25, -0.2) is 0 Å². The second-order valence-electron chi connectivity index (χ2n) is 5.92. The van der Waals surface area contributed by atoms with E-state index in [2.05, 4.69) is 0 Å². The maximum Gasteiger partial charge on any atom is 0.308 e. The Balaban J connectivity index is 1.92. The Kier molecular flexibility index (Phi) is 5.92. The summed E-state index contributed by atoms with van der Waals surface area (Å²) in [5.41, 5.74) is 0.903. The highest BCUT2D eigenvalue weighted by atomic mass is 16.7. The molecule has 29 heavy (non-hydrogen) atoms. The highest BCUT2D eigenvalue weighted by Gasteiger charge is 2.26. The van der Waals surface area contributed by atoms with Gasteiger partial charge in [-0.2, -0.15) is 0 Å². The van der Waals surface area contributed by atoms with Crippen molar-refractivity contribution < 1.29 is 38.0 Å². The second kappa shape index (κ2) is 8.55. The third kappa shape index (κ3) is 4.11. The summed E-state index contributed by atoms with van der Waals surface area (Å²) in [5.74, 6) is 1.46. The number of ether oxygens (including phenoxy) is 6. The van der Waals surface area contributed by atoms with Gasteiger partial charge in [-0.15, -0.1) is 0 Å². The molecule has 0 saturated heterocycles. The molecule has 2 aromatic rings. The van der Waals surface area contributed by atoms with Crippen LogP contribution in [0.1, 0.15) is 22.8 Å². The van der Waals surface area contributed by atoms with Gasteiger partial charge in [-0.05, 0) is 36.4 Å². The van der Waals surface area contributed by atoms with E-state index in [1.165, 1.54) is 40.4 Å². The lowest BCUT2D eigenvalue weighted by molar-refractivity contribution is -0.132. The van der Waals surface area contributed by atoms with E-state index in [0.29, 0.717) is 39.9 Å². The average molecular weight is 400 g/mol. The topological polar surface area (TPSA) is 89.5 Å². The minimum atomic E-state index is -0.513. The zero-order valence-electron chi connectivity index (χ0n) is 16.4. The van der Waals surface area contributed by atoms with Crippen LogP contribution in [-0.4, -0.2) is 39.9 Å². The molecule has 0 N–H and O–H groups in total. The van der Waals surface area contributed by atoms with Crippen molar-refractivity contribution in [2.75, 3.05) is 28.1 Å².